The van der Waals surface area contributed by atoms with Gasteiger partial charge in [-0.15, -0.1) is 0 Å². The first kappa shape index (κ1) is 30.3. The van der Waals surface area contributed by atoms with Crippen LogP contribution in [-0.2, 0) is 16.1 Å². The second kappa shape index (κ2) is 14.2. The van der Waals surface area contributed by atoms with Crippen LogP contribution in [0.3, 0.4) is 0 Å². The fourth-order valence-electron chi connectivity index (χ4n) is 5.27. The average molecular weight is 542 g/mol. The van der Waals surface area contributed by atoms with Crippen molar-refractivity contribution in [1.29, 1.82) is 0 Å². The number of rotatable bonds is 8. The summed E-state index contributed by atoms with van der Waals surface area (Å²) in [6, 6.07) is 10.4. The summed E-state index contributed by atoms with van der Waals surface area (Å²) in [7, 11) is 0. The second-order valence-electron chi connectivity index (χ2n) is 10.7. The lowest BCUT2D eigenvalue weighted by atomic mass is 9.94. The number of carbonyl (C=O) groups is 2. The number of aliphatic hydroxyl groups excluding tert-OH is 1. The third kappa shape index (κ3) is 8.35. The number of piperazine rings is 1. The summed E-state index contributed by atoms with van der Waals surface area (Å²) in [5.41, 5.74) is 10.9. The zero-order valence-corrected chi connectivity index (χ0v) is 23.2. The number of nitrogens with zero attached hydrogens (tertiary/aromatic N) is 5. The lowest BCUT2D eigenvalue weighted by Gasteiger charge is -2.37. The van der Waals surface area contributed by atoms with Gasteiger partial charge in [-0.25, -0.2) is 4.79 Å². The molecule has 11 nitrogen and oxygen atoms in total. The highest BCUT2D eigenvalue weighted by atomic mass is 16.3. The SMILES string of the molecule is CC(C)(N)C(=O)N1CCN(c2ccn(-c3ccc(CN(CCO)C4CCCCC4)cc3)c(=O)n2)CC1.NC=O. The molecule has 2 amide bonds. The molecule has 1 aromatic heterocycles. The first-order valence-electron chi connectivity index (χ1n) is 13.7. The molecule has 0 spiro atoms. The van der Waals surface area contributed by atoms with Crippen LogP contribution in [0, 0.1) is 0 Å². The summed E-state index contributed by atoms with van der Waals surface area (Å²) in [6.07, 6.45) is 8.24. The van der Waals surface area contributed by atoms with E-state index >= 15 is 0 Å². The average Bonchev–Trinajstić information content (AvgIpc) is 2.93. The van der Waals surface area contributed by atoms with E-state index < -0.39 is 5.54 Å². The van der Waals surface area contributed by atoms with Crippen LogP contribution >= 0.6 is 0 Å². The Morgan fingerprint density at radius 2 is 1.72 bits per heavy atom. The van der Waals surface area contributed by atoms with E-state index in [2.05, 4.69) is 27.8 Å². The van der Waals surface area contributed by atoms with Crippen molar-refractivity contribution >= 4 is 18.1 Å². The fraction of sp³-hybridized carbons (Fsp3) is 0.571. The van der Waals surface area contributed by atoms with E-state index in [9.17, 15) is 14.7 Å². The van der Waals surface area contributed by atoms with Crippen LogP contribution in [0.15, 0.2) is 41.3 Å². The fourth-order valence-corrected chi connectivity index (χ4v) is 5.27. The highest BCUT2D eigenvalue weighted by Crippen LogP contribution is 2.24. The van der Waals surface area contributed by atoms with Crippen LogP contribution in [0.4, 0.5) is 5.82 Å². The largest absolute Gasteiger partial charge is 0.395 e. The molecule has 11 heteroatoms. The standard InChI is InChI=1S/C27H40N6O3.CH3NO/c1-27(2,28)25(35)31-16-14-30(15-17-31)24-12-13-33(26(36)29-24)23-10-8-21(9-11-23)20-32(18-19-34)22-6-4-3-5-7-22;2-1-3/h8-13,22,34H,3-7,14-20,28H2,1-2H3;1H,(H2,2,3). The van der Waals surface area contributed by atoms with E-state index in [1.165, 1.54) is 37.7 Å². The number of hydrogen-bond donors (Lipinski definition) is 3. The van der Waals surface area contributed by atoms with Crippen LogP contribution < -0.4 is 22.1 Å². The normalized spacial score (nSPS) is 16.5. The Labute approximate surface area is 230 Å². The van der Waals surface area contributed by atoms with Crippen LogP contribution in [0.25, 0.3) is 5.69 Å². The molecule has 2 heterocycles. The Morgan fingerprint density at radius 1 is 1.10 bits per heavy atom. The molecule has 0 unspecified atom stereocenters. The van der Waals surface area contributed by atoms with E-state index in [1.54, 1.807) is 29.5 Å². The van der Waals surface area contributed by atoms with E-state index in [0.29, 0.717) is 44.6 Å². The van der Waals surface area contributed by atoms with Gasteiger partial charge in [0.15, 0.2) is 0 Å². The third-order valence-corrected chi connectivity index (χ3v) is 7.31. The smallest absolute Gasteiger partial charge is 0.354 e. The van der Waals surface area contributed by atoms with Gasteiger partial charge in [0.05, 0.1) is 17.8 Å². The molecular weight excluding hydrogens is 498 g/mol. The Balaban J connectivity index is 0.00000134. The van der Waals surface area contributed by atoms with Gasteiger partial charge in [0.2, 0.25) is 12.3 Å². The molecule has 0 radical (unpaired) electrons. The lowest BCUT2D eigenvalue weighted by molar-refractivity contribution is -0.136. The van der Waals surface area contributed by atoms with Gasteiger partial charge in [-0.3, -0.25) is 19.1 Å². The van der Waals surface area contributed by atoms with Gasteiger partial charge in [-0.05, 0) is 50.5 Å². The van der Waals surface area contributed by atoms with Crippen molar-refractivity contribution < 1.29 is 14.7 Å². The van der Waals surface area contributed by atoms with Gasteiger partial charge in [-0.1, -0.05) is 31.4 Å². The lowest BCUT2D eigenvalue weighted by Crippen LogP contribution is -2.57. The molecule has 39 heavy (non-hydrogen) atoms. The number of anilines is 1. The van der Waals surface area contributed by atoms with Gasteiger partial charge in [0, 0.05) is 51.5 Å². The van der Waals surface area contributed by atoms with E-state index in [0.717, 1.165) is 12.2 Å². The molecule has 1 aliphatic heterocycles. The van der Waals surface area contributed by atoms with Crippen molar-refractivity contribution in [2.75, 3.05) is 44.2 Å². The predicted molar refractivity (Wildman–Crippen MR) is 152 cm³/mol. The maximum absolute atomic E-state index is 12.8. The molecule has 1 aromatic carbocycles. The van der Waals surface area contributed by atoms with E-state index in [-0.39, 0.29) is 24.6 Å². The number of hydrogen-bond acceptors (Lipinski definition) is 8. The monoisotopic (exact) mass is 541 g/mol. The minimum absolute atomic E-state index is 0.0628. The number of benzene rings is 1. The minimum Gasteiger partial charge on any atom is -0.395 e. The zero-order valence-electron chi connectivity index (χ0n) is 23.2. The Bertz CT molecular complexity index is 1120. The first-order valence-corrected chi connectivity index (χ1v) is 13.7. The third-order valence-electron chi connectivity index (χ3n) is 7.31. The summed E-state index contributed by atoms with van der Waals surface area (Å²) in [6.45, 7) is 7.42. The van der Waals surface area contributed by atoms with Crippen molar-refractivity contribution in [2.45, 2.75) is 64.1 Å². The van der Waals surface area contributed by atoms with Crippen LogP contribution in [0.1, 0.15) is 51.5 Å². The molecule has 1 saturated carbocycles. The number of carbonyl (C=O) groups excluding carboxylic acids is 2. The number of aromatic nitrogens is 2. The summed E-state index contributed by atoms with van der Waals surface area (Å²) in [5.74, 6) is 0.561. The molecule has 0 bridgehead atoms. The Hall–Kier alpha value is -3.28. The molecule has 1 aliphatic carbocycles. The van der Waals surface area contributed by atoms with E-state index in [1.807, 2.05) is 23.1 Å². The highest BCUT2D eigenvalue weighted by molar-refractivity contribution is 5.85. The molecule has 4 rings (SSSR count). The Kier molecular flexibility index (Phi) is 11.0. The van der Waals surface area contributed by atoms with Crippen molar-refractivity contribution in [3.05, 3.63) is 52.6 Å². The number of aliphatic hydroxyl groups is 1. The van der Waals surface area contributed by atoms with E-state index in [4.69, 9.17) is 10.5 Å². The number of primary amides is 1. The zero-order chi connectivity index (χ0) is 28.4. The second-order valence-corrected chi connectivity index (χ2v) is 10.7. The molecular formula is C28H43N7O4. The van der Waals surface area contributed by atoms with Gasteiger partial charge < -0.3 is 26.4 Å². The van der Waals surface area contributed by atoms with Crippen molar-refractivity contribution in [3.8, 4) is 5.69 Å². The summed E-state index contributed by atoms with van der Waals surface area (Å²) in [4.78, 5) is 44.4. The van der Waals surface area contributed by atoms with Gasteiger partial charge in [0.1, 0.15) is 5.82 Å². The van der Waals surface area contributed by atoms with Gasteiger partial charge in [0.25, 0.3) is 0 Å². The molecule has 0 atom stereocenters. The predicted octanol–water partition coefficient (Wildman–Crippen LogP) is 0.847. The van der Waals surface area contributed by atoms with Crippen LogP contribution in [-0.4, -0.2) is 87.7 Å². The summed E-state index contributed by atoms with van der Waals surface area (Å²) in [5, 5.41) is 9.54. The van der Waals surface area contributed by atoms with Crippen molar-refractivity contribution in [3.63, 3.8) is 0 Å². The maximum Gasteiger partial charge on any atom is 0.354 e. The number of nitrogens with two attached hydrogens (primary N) is 2. The Morgan fingerprint density at radius 3 is 2.26 bits per heavy atom. The summed E-state index contributed by atoms with van der Waals surface area (Å²) >= 11 is 0. The van der Waals surface area contributed by atoms with Crippen LogP contribution in [0.2, 0.25) is 0 Å². The molecule has 214 valence electrons. The van der Waals surface area contributed by atoms with Crippen molar-refractivity contribution in [1.82, 2.24) is 19.4 Å². The topological polar surface area (TPSA) is 151 Å². The first-order chi connectivity index (χ1) is 18.7. The van der Waals surface area contributed by atoms with Crippen LogP contribution in [0.5, 0.6) is 0 Å². The quantitative estimate of drug-likeness (QED) is 0.416. The molecule has 1 saturated heterocycles. The molecule has 2 aliphatic rings. The van der Waals surface area contributed by atoms with Gasteiger partial charge >= 0.3 is 5.69 Å². The molecule has 2 aromatic rings. The minimum atomic E-state index is -0.885. The molecule has 5 N–H and O–H groups in total. The summed E-state index contributed by atoms with van der Waals surface area (Å²) < 4.78 is 1.55. The number of amides is 2. The van der Waals surface area contributed by atoms with Crippen molar-refractivity contribution in [2.24, 2.45) is 11.5 Å². The van der Waals surface area contributed by atoms with Gasteiger partial charge in [-0.2, -0.15) is 4.98 Å². The highest BCUT2D eigenvalue weighted by Gasteiger charge is 2.30. The molecule has 2 fully saturated rings. The maximum atomic E-state index is 12.8.